The molecule has 0 aromatic heterocycles. The Morgan fingerprint density at radius 1 is 1.47 bits per heavy atom. The molecule has 0 unspecified atom stereocenters. The molecular formula is C15H22N2OS. The maximum absolute atomic E-state index is 9.26. The van der Waals surface area contributed by atoms with Gasteiger partial charge in [-0.1, -0.05) is 17.7 Å². The molecule has 0 saturated carbocycles. The zero-order valence-electron chi connectivity index (χ0n) is 11.6. The highest BCUT2D eigenvalue weighted by Gasteiger charge is 2.21. The van der Waals surface area contributed by atoms with Crippen LogP contribution in [-0.4, -0.2) is 34.8 Å². The number of thiocarbonyl (C=S) groups is 1. The number of hydrogen-bond donors (Lipinski definition) is 2. The smallest absolute Gasteiger partial charge is 0.173 e. The lowest BCUT2D eigenvalue weighted by Crippen LogP contribution is -2.43. The molecule has 0 aliphatic carbocycles. The summed E-state index contributed by atoms with van der Waals surface area (Å²) in [7, 11) is 0. The van der Waals surface area contributed by atoms with Crippen LogP contribution in [0.5, 0.6) is 0 Å². The van der Waals surface area contributed by atoms with Crippen LogP contribution in [0.25, 0.3) is 0 Å². The van der Waals surface area contributed by atoms with Crippen LogP contribution in [-0.2, 0) is 0 Å². The van der Waals surface area contributed by atoms with Gasteiger partial charge in [-0.05, 0) is 56.5 Å². The van der Waals surface area contributed by atoms with Crippen molar-refractivity contribution in [1.82, 2.24) is 4.90 Å². The third-order valence-electron chi connectivity index (χ3n) is 3.69. The van der Waals surface area contributed by atoms with Gasteiger partial charge < -0.3 is 15.3 Å². The molecule has 2 N–H and O–H groups in total. The van der Waals surface area contributed by atoms with Crippen LogP contribution in [0.4, 0.5) is 5.69 Å². The number of nitrogens with one attached hydrogen (secondary N) is 1. The van der Waals surface area contributed by atoms with Gasteiger partial charge in [0.15, 0.2) is 5.11 Å². The van der Waals surface area contributed by atoms with Crippen molar-refractivity contribution >= 4 is 23.0 Å². The first-order valence-electron chi connectivity index (χ1n) is 6.84. The van der Waals surface area contributed by atoms with Gasteiger partial charge in [-0.25, -0.2) is 0 Å². The number of aliphatic hydroxyl groups excluding tert-OH is 1. The SMILES string of the molecule is Cc1ccc(NC(=S)N2CCC[C@H](CO)C2)c(C)c1. The molecule has 1 aliphatic rings. The van der Waals surface area contributed by atoms with Crippen molar-refractivity contribution in [2.45, 2.75) is 26.7 Å². The zero-order valence-corrected chi connectivity index (χ0v) is 12.5. The van der Waals surface area contributed by atoms with E-state index in [2.05, 4.69) is 42.3 Å². The van der Waals surface area contributed by atoms with Gasteiger partial charge >= 0.3 is 0 Å². The van der Waals surface area contributed by atoms with Crippen LogP contribution < -0.4 is 5.32 Å². The predicted octanol–water partition coefficient (Wildman–Crippen LogP) is 2.70. The molecule has 3 nitrogen and oxygen atoms in total. The van der Waals surface area contributed by atoms with E-state index in [-0.39, 0.29) is 6.61 Å². The summed E-state index contributed by atoms with van der Waals surface area (Å²) in [4.78, 5) is 2.17. The summed E-state index contributed by atoms with van der Waals surface area (Å²) in [5.74, 6) is 0.354. The number of rotatable bonds is 2. The molecule has 0 radical (unpaired) electrons. The second kappa shape index (κ2) is 6.35. The van der Waals surface area contributed by atoms with Crippen molar-refractivity contribution in [3.8, 4) is 0 Å². The van der Waals surface area contributed by atoms with Gasteiger partial charge in [-0.15, -0.1) is 0 Å². The van der Waals surface area contributed by atoms with Crippen LogP contribution in [0.2, 0.25) is 0 Å². The lowest BCUT2D eigenvalue weighted by Gasteiger charge is -2.34. The Morgan fingerprint density at radius 3 is 2.95 bits per heavy atom. The van der Waals surface area contributed by atoms with Crippen LogP contribution in [0, 0.1) is 19.8 Å². The molecule has 0 bridgehead atoms. The van der Waals surface area contributed by atoms with Crippen LogP contribution in [0.3, 0.4) is 0 Å². The van der Waals surface area contributed by atoms with Crippen molar-refractivity contribution in [2.24, 2.45) is 5.92 Å². The normalized spacial score (nSPS) is 19.3. The van der Waals surface area contributed by atoms with E-state index in [4.69, 9.17) is 12.2 Å². The molecule has 1 fully saturated rings. The molecule has 4 heteroatoms. The first-order valence-corrected chi connectivity index (χ1v) is 7.25. The minimum atomic E-state index is 0.253. The number of anilines is 1. The Labute approximate surface area is 120 Å². The summed E-state index contributed by atoms with van der Waals surface area (Å²) in [6.07, 6.45) is 2.19. The van der Waals surface area contributed by atoms with Crippen LogP contribution >= 0.6 is 12.2 Å². The number of benzene rings is 1. The highest BCUT2D eigenvalue weighted by Crippen LogP contribution is 2.20. The van der Waals surface area contributed by atoms with Crippen molar-refractivity contribution in [2.75, 3.05) is 25.0 Å². The van der Waals surface area contributed by atoms with Gasteiger partial charge in [-0.3, -0.25) is 0 Å². The quantitative estimate of drug-likeness (QED) is 0.815. The molecule has 0 amide bonds. The highest BCUT2D eigenvalue weighted by molar-refractivity contribution is 7.80. The van der Waals surface area contributed by atoms with Crippen LogP contribution in [0.1, 0.15) is 24.0 Å². The highest BCUT2D eigenvalue weighted by atomic mass is 32.1. The molecule has 1 heterocycles. The molecule has 1 aromatic carbocycles. The number of nitrogens with zero attached hydrogens (tertiary/aromatic N) is 1. The van der Waals surface area contributed by atoms with Gasteiger partial charge in [-0.2, -0.15) is 0 Å². The van der Waals surface area contributed by atoms with E-state index in [0.29, 0.717) is 5.92 Å². The average molecular weight is 278 g/mol. The monoisotopic (exact) mass is 278 g/mol. The van der Waals surface area contributed by atoms with E-state index < -0.39 is 0 Å². The predicted molar refractivity (Wildman–Crippen MR) is 83.5 cm³/mol. The summed E-state index contributed by atoms with van der Waals surface area (Å²) in [6.45, 7) is 6.26. The summed E-state index contributed by atoms with van der Waals surface area (Å²) < 4.78 is 0. The topological polar surface area (TPSA) is 35.5 Å². The zero-order chi connectivity index (χ0) is 13.8. The molecule has 2 rings (SSSR count). The molecular weight excluding hydrogens is 256 g/mol. The van der Waals surface area contributed by atoms with Crippen molar-refractivity contribution in [3.63, 3.8) is 0 Å². The summed E-state index contributed by atoms with van der Waals surface area (Å²) >= 11 is 5.48. The van der Waals surface area contributed by atoms with Crippen molar-refractivity contribution in [1.29, 1.82) is 0 Å². The fourth-order valence-corrected chi connectivity index (χ4v) is 2.82. The lowest BCUT2D eigenvalue weighted by molar-refractivity contribution is 0.162. The minimum Gasteiger partial charge on any atom is -0.396 e. The third-order valence-corrected chi connectivity index (χ3v) is 4.05. The summed E-state index contributed by atoms with van der Waals surface area (Å²) in [6, 6.07) is 6.31. The molecule has 1 aromatic rings. The van der Waals surface area contributed by atoms with Gasteiger partial charge in [0.05, 0.1) is 0 Å². The molecule has 1 saturated heterocycles. The Kier molecular flexibility index (Phi) is 4.77. The number of aryl methyl sites for hydroxylation is 2. The summed E-state index contributed by atoms with van der Waals surface area (Å²) in [5.41, 5.74) is 3.53. The van der Waals surface area contributed by atoms with Gasteiger partial charge in [0, 0.05) is 25.4 Å². The summed E-state index contributed by atoms with van der Waals surface area (Å²) in [5, 5.41) is 13.4. The number of likely N-dealkylation sites (tertiary alicyclic amines) is 1. The maximum Gasteiger partial charge on any atom is 0.173 e. The van der Waals surface area contributed by atoms with E-state index in [0.717, 1.165) is 36.7 Å². The first-order chi connectivity index (χ1) is 9.10. The fraction of sp³-hybridized carbons (Fsp3) is 0.533. The Balaban J connectivity index is 2.00. The van der Waals surface area contributed by atoms with Gasteiger partial charge in [0.2, 0.25) is 0 Å². The van der Waals surface area contributed by atoms with E-state index >= 15 is 0 Å². The van der Waals surface area contributed by atoms with E-state index in [9.17, 15) is 5.11 Å². The largest absolute Gasteiger partial charge is 0.396 e. The Bertz CT molecular complexity index is 461. The first kappa shape index (κ1) is 14.3. The van der Waals surface area contributed by atoms with E-state index in [1.807, 2.05) is 0 Å². The Hall–Kier alpha value is -1.13. The molecule has 104 valence electrons. The average Bonchev–Trinajstić information content (AvgIpc) is 2.42. The number of hydrogen-bond acceptors (Lipinski definition) is 2. The van der Waals surface area contributed by atoms with Crippen molar-refractivity contribution in [3.05, 3.63) is 29.3 Å². The number of aliphatic hydroxyl groups is 1. The van der Waals surface area contributed by atoms with Gasteiger partial charge in [0.1, 0.15) is 0 Å². The number of piperidine rings is 1. The molecule has 0 spiro atoms. The van der Waals surface area contributed by atoms with Gasteiger partial charge in [0.25, 0.3) is 0 Å². The Morgan fingerprint density at radius 2 is 2.26 bits per heavy atom. The molecule has 1 atom stereocenters. The third kappa shape index (κ3) is 3.67. The second-order valence-corrected chi connectivity index (χ2v) is 5.77. The molecule has 19 heavy (non-hydrogen) atoms. The molecule has 1 aliphatic heterocycles. The fourth-order valence-electron chi connectivity index (χ4n) is 2.55. The maximum atomic E-state index is 9.26. The second-order valence-electron chi connectivity index (χ2n) is 5.39. The standard InChI is InChI=1S/C15H22N2OS/c1-11-5-6-14(12(2)8-11)16-15(19)17-7-3-4-13(9-17)10-18/h5-6,8,13,18H,3-4,7,9-10H2,1-2H3,(H,16,19)/t13-/m0/s1. The lowest BCUT2D eigenvalue weighted by atomic mass is 9.99. The minimum absolute atomic E-state index is 0.253. The van der Waals surface area contributed by atoms with Crippen molar-refractivity contribution < 1.29 is 5.11 Å². The van der Waals surface area contributed by atoms with E-state index in [1.165, 1.54) is 11.1 Å². The van der Waals surface area contributed by atoms with Crippen LogP contribution in [0.15, 0.2) is 18.2 Å². The van der Waals surface area contributed by atoms with E-state index in [1.54, 1.807) is 0 Å².